The van der Waals surface area contributed by atoms with Crippen LogP contribution in [-0.2, 0) is 14.3 Å². The van der Waals surface area contributed by atoms with Gasteiger partial charge in [0.1, 0.15) is 12.6 Å². The molecule has 0 saturated heterocycles. The van der Waals surface area contributed by atoms with E-state index in [1.165, 1.54) is 0 Å². The van der Waals surface area contributed by atoms with Crippen LogP contribution in [0.2, 0.25) is 0 Å². The minimum absolute atomic E-state index is 0.0601. The van der Waals surface area contributed by atoms with E-state index in [-0.39, 0.29) is 19.1 Å². The molecule has 32 heavy (non-hydrogen) atoms. The molecule has 2 aromatic carbocycles. The lowest BCUT2D eigenvalue weighted by Crippen LogP contribution is -2.49. The quantitative estimate of drug-likeness (QED) is 0.614. The Morgan fingerprint density at radius 1 is 1.03 bits per heavy atom. The molecule has 1 unspecified atom stereocenters. The minimum Gasteiger partial charge on any atom is -0.481 e. The van der Waals surface area contributed by atoms with Crippen molar-refractivity contribution >= 4 is 18.0 Å². The van der Waals surface area contributed by atoms with Crippen molar-refractivity contribution in [3.63, 3.8) is 0 Å². The van der Waals surface area contributed by atoms with Crippen LogP contribution in [0.5, 0.6) is 0 Å². The lowest BCUT2D eigenvalue weighted by molar-refractivity contribution is -0.148. The number of benzene rings is 2. The molecule has 2 aromatic rings. The molecule has 0 radical (unpaired) electrons. The van der Waals surface area contributed by atoms with Gasteiger partial charge in [-0.2, -0.15) is 0 Å². The Bertz CT molecular complexity index is 983. The van der Waals surface area contributed by atoms with Crippen molar-refractivity contribution in [3.05, 3.63) is 59.7 Å². The highest BCUT2D eigenvalue weighted by Gasteiger charge is 2.41. The standard InChI is InChI=1S/C25H28N2O5/c1-16(22(28)26-15-25(23(29)30)12-6-7-13-25)27-24(31)32-14-21-19-10-4-2-8-17(19)18-9-3-5-11-20(18)21/h2-5,8-11,16,21H,6-7,12-15H2,1H3,(H,26,28)(H,27,31)(H,29,30). The van der Waals surface area contributed by atoms with Crippen LogP contribution in [0.1, 0.15) is 49.7 Å². The summed E-state index contributed by atoms with van der Waals surface area (Å²) in [6.07, 6.45) is 2.11. The molecule has 1 atom stereocenters. The second-order valence-electron chi connectivity index (χ2n) is 8.70. The molecular weight excluding hydrogens is 408 g/mol. The van der Waals surface area contributed by atoms with Gasteiger partial charge < -0.3 is 20.5 Å². The van der Waals surface area contributed by atoms with Crippen LogP contribution in [-0.4, -0.2) is 42.3 Å². The van der Waals surface area contributed by atoms with Crippen LogP contribution in [0.4, 0.5) is 4.79 Å². The van der Waals surface area contributed by atoms with Crippen LogP contribution in [0.3, 0.4) is 0 Å². The average molecular weight is 437 g/mol. The van der Waals surface area contributed by atoms with Crippen molar-refractivity contribution in [2.75, 3.05) is 13.2 Å². The van der Waals surface area contributed by atoms with Crippen LogP contribution < -0.4 is 10.6 Å². The zero-order valence-corrected chi connectivity index (χ0v) is 18.1. The number of hydrogen-bond donors (Lipinski definition) is 3. The van der Waals surface area contributed by atoms with Crippen LogP contribution in [0.25, 0.3) is 11.1 Å². The van der Waals surface area contributed by atoms with Gasteiger partial charge in [0.25, 0.3) is 0 Å². The number of carbonyl (C=O) groups is 3. The third-order valence-corrected chi connectivity index (χ3v) is 6.69. The van der Waals surface area contributed by atoms with Gasteiger partial charge in [0, 0.05) is 12.5 Å². The van der Waals surface area contributed by atoms with Crippen molar-refractivity contribution < 1.29 is 24.2 Å². The summed E-state index contributed by atoms with van der Waals surface area (Å²) in [6, 6.07) is 15.3. The molecule has 1 fully saturated rings. The molecule has 7 heteroatoms. The number of fused-ring (bicyclic) bond motifs is 3. The molecule has 3 N–H and O–H groups in total. The molecule has 4 rings (SSSR count). The summed E-state index contributed by atoms with van der Waals surface area (Å²) in [7, 11) is 0. The summed E-state index contributed by atoms with van der Waals surface area (Å²) in [4.78, 5) is 36.4. The number of amides is 2. The van der Waals surface area contributed by atoms with Crippen molar-refractivity contribution in [2.45, 2.75) is 44.6 Å². The molecule has 7 nitrogen and oxygen atoms in total. The molecule has 2 aliphatic carbocycles. The molecule has 0 aromatic heterocycles. The summed E-state index contributed by atoms with van der Waals surface area (Å²) in [5.41, 5.74) is 3.61. The number of rotatable bonds is 7. The molecule has 0 aliphatic heterocycles. The van der Waals surface area contributed by atoms with E-state index in [0.717, 1.165) is 35.1 Å². The fraction of sp³-hybridized carbons (Fsp3) is 0.400. The third-order valence-electron chi connectivity index (χ3n) is 6.69. The summed E-state index contributed by atoms with van der Waals surface area (Å²) < 4.78 is 5.47. The zero-order valence-electron chi connectivity index (χ0n) is 18.1. The Labute approximate surface area is 187 Å². The number of carbonyl (C=O) groups excluding carboxylic acids is 2. The fourth-order valence-corrected chi connectivity index (χ4v) is 4.81. The predicted molar refractivity (Wildman–Crippen MR) is 119 cm³/mol. The zero-order chi connectivity index (χ0) is 22.7. The minimum atomic E-state index is -0.904. The number of ether oxygens (including phenoxy) is 1. The van der Waals surface area contributed by atoms with E-state index in [0.29, 0.717) is 12.8 Å². The Hall–Kier alpha value is -3.35. The first-order valence-electron chi connectivity index (χ1n) is 11.0. The molecule has 168 valence electrons. The van der Waals surface area contributed by atoms with Crippen molar-refractivity contribution in [3.8, 4) is 11.1 Å². The van der Waals surface area contributed by atoms with Gasteiger partial charge in [-0.05, 0) is 42.0 Å². The number of hydrogen-bond acceptors (Lipinski definition) is 4. The molecule has 0 heterocycles. The van der Waals surface area contributed by atoms with Gasteiger partial charge in [0.05, 0.1) is 5.41 Å². The lowest BCUT2D eigenvalue weighted by atomic mass is 9.86. The number of aliphatic carboxylic acids is 1. The number of alkyl carbamates (subject to hydrolysis) is 1. The summed E-state index contributed by atoms with van der Waals surface area (Å²) in [6.45, 7) is 1.78. The van der Waals surface area contributed by atoms with Gasteiger partial charge in [0.15, 0.2) is 0 Å². The van der Waals surface area contributed by atoms with E-state index in [1.54, 1.807) is 6.92 Å². The van der Waals surface area contributed by atoms with Crippen molar-refractivity contribution in [1.29, 1.82) is 0 Å². The monoisotopic (exact) mass is 436 g/mol. The van der Waals surface area contributed by atoms with E-state index >= 15 is 0 Å². The SMILES string of the molecule is CC(NC(=O)OCC1c2ccccc2-c2ccccc21)C(=O)NCC1(C(=O)O)CCCC1. The first-order chi connectivity index (χ1) is 15.4. The van der Waals surface area contributed by atoms with Crippen molar-refractivity contribution in [2.24, 2.45) is 5.41 Å². The second-order valence-corrected chi connectivity index (χ2v) is 8.70. The predicted octanol–water partition coefficient (Wildman–Crippen LogP) is 3.67. The number of carboxylic acids is 1. The molecule has 2 amide bonds. The Kier molecular flexibility index (Phi) is 6.17. The van der Waals surface area contributed by atoms with Gasteiger partial charge in [-0.3, -0.25) is 9.59 Å². The maximum absolute atomic E-state index is 12.4. The first kappa shape index (κ1) is 21.9. The smallest absolute Gasteiger partial charge is 0.407 e. The van der Waals surface area contributed by atoms with Crippen molar-refractivity contribution in [1.82, 2.24) is 10.6 Å². The fourth-order valence-electron chi connectivity index (χ4n) is 4.81. The molecule has 0 bridgehead atoms. The number of carboxylic acid groups (broad SMARTS) is 1. The van der Waals surface area contributed by atoms with Gasteiger partial charge in [-0.25, -0.2) is 4.79 Å². The largest absolute Gasteiger partial charge is 0.481 e. The highest BCUT2D eigenvalue weighted by atomic mass is 16.5. The maximum Gasteiger partial charge on any atom is 0.407 e. The summed E-state index contributed by atoms with van der Waals surface area (Å²) in [5, 5.41) is 14.8. The van der Waals surface area contributed by atoms with E-state index < -0.39 is 29.4 Å². The van der Waals surface area contributed by atoms with E-state index in [9.17, 15) is 19.5 Å². The number of nitrogens with one attached hydrogen (secondary N) is 2. The van der Waals surface area contributed by atoms with Crippen LogP contribution >= 0.6 is 0 Å². The van der Waals surface area contributed by atoms with Gasteiger partial charge >= 0.3 is 12.1 Å². The topological polar surface area (TPSA) is 105 Å². The van der Waals surface area contributed by atoms with Crippen LogP contribution in [0, 0.1) is 5.41 Å². The van der Waals surface area contributed by atoms with Gasteiger partial charge in [0.2, 0.25) is 5.91 Å². The van der Waals surface area contributed by atoms with E-state index in [4.69, 9.17) is 4.74 Å². The normalized spacial score (nSPS) is 17.2. The molecule has 0 spiro atoms. The third kappa shape index (κ3) is 4.20. The summed E-state index contributed by atoms with van der Waals surface area (Å²) in [5.74, 6) is -1.37. The highest BCUT2D eigenvalue weighted by molar-refractivity contribution is 5.86. The van der Waals surface area contributed by atoms with E-state index in [1.807, 2.05) is 36.4 Å². The Morgan fingerprint density at radius 3 is 2.16 bits per heavy atom. The maximum atomic E-state index is 12.4. The average Bonchev–Trinajstić information content (AvgIpc) is 3.40. The summed E-state index contributed by atoms with van der Waals surface area (Å²) >= 11 is 0. The molecular formula is C25H28N2O5. The highest BCUT2D eigenvalue weighted by Crippen LogP contribution is 2.44. The van der Waals surface area contributed by atoms with Crippen LogP contribution in [0.15, 0.2) is 48.5 Å². The van der Waals surface area contributed by atoms with Gasteiger partial charge in [-0.15, -0.1) is 0 Å². The van der Waals surface area contributed by atoms with Gasteiger partial charge in [-0.1, -0.05) is 61.4 Å². The molecule has 1 saturated carbocycles. The lowest BCUT2D eigenvalue weighted by Gasteiger charge is -2.25. The molecule has 2 aliphatic rings. The van der Waals surface area contributed by atoms with E-state index in [2.05, 4.69) is 22.8 Å². The second kappa shape index (κ2) is 9.02. The Morgan fingerprint density at radius 2 is 1.59 bits per heavy atom. The first-order valence-corrected chi connectivity index (χ1v) is 11.0. The Balaban J connectivity index is 1.31.